The SMILES string of the molecule is C=C(C)COCCOCCO. The maximum atomic E-state index is 8.33. The van der Waals surface area contributed by atoms with Gasteiger partial charge in [-0.05, 0) is 6.92 Å². The molecule has 0 atom stereocenters. The van der Waals surface area contributed by atoms with Crippen LogP contribution in [-0.2, 0) is 9.47 Å². The fourth-order valence-corrected chi connectivity index (χ4v) is 0.531. The van der Waals surface area contributed by atoms with Gasteiger partial charge in [0, 0.05) is 0 Å². The average molecular weight is 160 g/mol. The molecule has 0 heterocycles. The van der Waals surface area contributed by atoms with E-state index in [9.17, 15) is 0 Å². The van der Waals surface area contributed by atoms with Gasteiger partial charge in [-0.1, -0.05) is 12.2 Å². The first kappa shape index (κ1) is 10.6. The lowest BCUT2D eigenvalue weighted by Crippen LogP contribution is -2.07. The first-order valence-electron chi connectivity index (χ1n) is 3.68. The van der Waals surface area contributed by atoms with Crippen molar-refractivity contribution in [3.63, 3.8) is 0 Å². The molecule has 1 N–H and O–H groups in total. The van der Waals surface area contributed by atoms with Crippen molar-refractivity contribution in [3.05, 3.63) is 12.2 Å². The van der Waals surface area contributed by atoms with Crippen LogP contribution in [0.1, 0.15) is 6.92 Å². The van der Waals surface area contributed by atoms with Gasteiger partial charge in [0.2, 0.25) is 0 Å². The van der Waals surface area contributed by atoms with Crippen LogP contribution < -0.4 is 0 Å². The zero-order valence-corrected chi connectivity index (χ0v) is 7.01. The van der Waals surface area contributed by atoms with Crippen LogP contribution in [-0.4, -0.2) is 38.1 Å². The number of hydrogen-bond acceptors (Lipinski definition) is 3. The third-order valence-corrected chi connectivity index (χ3v) is 0.956. The standard InChI is InChI=1S/C8H16O3/c1-8(2)7-11-6-5-10-4-3-9/h9H,1,3-7H2,2H3. The van der Waals surface area contributed by atoms with E-state index in [-0.39, 0.29) is 6.61 Å². The number of ether oxygens (including phenoxy) is 2. The van der Waals surface area contributed by atoms with Crippen LogP contribution in [0, 0.1) is 0 Å². The van der Waals surface area contributed by atoms with E-state index in [0.29, 0.717) is 26.4 Å². The summed E-state index contributed by atoms with van der Waals surface area (Å²) in [6.45, 7) is 7.73. The third kappa shape index (κ3) is 9.62. The minimum absolute atomic E-state index is 0.0699. The van der Waals surface area contributed by atoms with Gasteiger partial charge in [-0.3, -0.25) is 0 Å². The maximum Gasteiger partial charge on any atom is 0.0704 e. The molecule has 0 saturated carbocycles. The highest BCUT2D eigenvalue weighted by Gasteiger charge is 1.88. The predicted octanol–water partition coefficient (Wildman–Crippen LogP) is 0.588. The van der Waals surface area contributed by atoms with Crippen LogP contribution in [0.5, 0.6) is 0 Å². The Hall–Kier alpha value is -0.380. The lowest BCUT2D eigenvalue weighted by Gasteiger charge is -2.03. The molecule has 0 bridgehead atoms. The summed E-state index contributed by atoms with van der Waals surface area (Å²) in [5, 5.41) is 8.33. The van der Waals surface area contributed by atoms with E-state index in [4.69, 9.17) is 14.6 Å². The Bertz CT molecular complexity index is 102. The van der Waals surface area contributed by atoms with Crippen molar-refractivity contribution in [1.82, 2.24) is 0 Å². The zero-order valence-electron chi connectivity index (χ0n) is 7.01. The molecule has 0 aliphatic carbocycles. The summed E-state index contributed by atoms with van der Waals surface area (Å²) < 4.78 is 10.1. The summed E-state index contributed by atoms with van der Waals surface area (Å²) in [5.74, 6) is 0. The average Bonchev–Trinajstić information content (AvgIpc) is 1.96. The number of aliphatic hydroxyl groups excluding tert-OH is 1. The number of hydrogen-bond donors (Lipinski definition) is 1. The lowest BCUT2D eigenvalue weighted by molar-refractivity contribution is 0.0396. The van der Waals surface area contributed by atoms with Gasteiger partial charge in [-0.2, -0.15) is 0 Å². The van der Waals surface area contributed by atoms with Crippen LogP contribution in [0.2, 0.25) is 0 Å². The Balaban J connectivity index is 2.85. The van der Waals surface area contributed by atoms with Gasteiger partial charge in [0.25, 0.3) is 0 Å². The van der Waals surface area contributed by atoms with E-state index in [0.717, 1.165) is 5.57 Å². The molecular weight excluding hydrogens is 144 g/mol. The van der Waals surface area contributed by atoms with Crippen LogP contribution in [0.25, 0.3) is 0 Å². The fraction of sp³-hybridized carbons (Fsp3) is 0.750. The van der Waals surface area contributed by atoms with Crippen molar-refractivity contribution < 1.29 is 14.6 Å². The predicted molar refractivity (Wildman–Crippen MR) is 43.5 cm³/mol. The van der Waals surface area contributed by atoms with E-state index in [1.807, 2.05) is 6.92 Å². The molecule has 0 aliphatic rings. The number of aliphatic hydroxyl groups is 1. The molecule has 0 radical (unpaired) electrons. The van der Waals surface area contributed by atoms with Gasteiger partial charge >= 0.3 is 0 Å². The highest BCUT2D eigenvalue weighted by molar-refractivity contribution is 4.87. The molecule has 0 aromatic carbocycles. The van der Waals surface area contributed by atoms with Crippen LogP contribution in [0.3, 0.4) is 0 Å². The van der Waals surface area contributed by atoms with Crippen molar-refractivity contribution in [3.8, 4) is 0 Å². The topological polar surface area (TPSA) is 38.7 Å². The van der Waals surface area contributed by atoms with Gasteiger partial charge in [0.15, 0.2) is 0 Å². The van der Waals surface area contributed by atoms with Gasteiger partial charge < -0.3 is 14.6 Å². The first-order chi connectivity index (χ1) is 5.27. The Morgan fingerprint density at radius 2 is 1.91 bits per heavy atom. The molecule has 0 unspecified atom stereocenters. The van der Waals surface area contributed by atoms with E-state index < -0.39 is 0 Å². The van der Waals surface area contributed by atoms with Gasteiger partial charge in [0.1, 0.15) is 0 Å². The van der Waals surface area contributed by atoms with Crippen molar-refractivity contribution in [2.75, 3.05) is 33.0 Å². The lowest BCUT2D eigenvalue weighted by atomic mass is 10.4. The summed E-state index contributed by atoms with van der Waals surface area (Å²) in [6.07, 6.45) is 0. The molecule has 0 aliphatic heterocycles. The molecule has 0 rings (SSSR count). The summed E-state index contributed by atoms with van der Waals surface area (Å²) >= 11 is 0. The molecule has 66 valence electrons. The smallest absolute Gasteiger partial charge is 0.0704 e. The summed E-state index contributed by atoms with van der Waals surface area (Å²) in [4.78, 5) is 0. The summed E-state index contributed by atoms with van der Waals surface area (Å²) in [5.41, 5.74) is 1.01. The van der Waals surface area contributed by atoms with Gasteiger partial charge in [0.05, 0.1) is 33.0 Å². The molecule has 0 aromatic heterocycles. The van der Waals surface area contributed by atoms with Crippen LogP contribution >= 0.6 is 0 Å². The fourth-order valence-electron chi connectivity index (χ4n) is 0.531. The Morgan fingerprint density at radius 1 is 1.27 bits per heavy atom. The van der Waals surface area contributed by atoms with E-state index in [1.165, 1.54) is 0 Å². The van der Waals surface area contributed by atoms with Crippen molar-refractivity contribution >= 4 is 0 Å². The Kier molecular flexibility index (Phi) is 7.46. The van der Waals surface area contributed by atoms with E-state index >= 15 is 0 Å². The minimum atomic E-state index is 0.0699. The number of rotatable bonds is 7. The summed E-state index contributed by atoms with van der Waals surface area (Å²) in [7, 11) is 0. The zero-order chi connectivity index (χ0) is 8.53. The molecule has 0 spiro atoms. The largest absolute Gasteiger partial charge is 0.394 e. The molecule has 0 amide bonds. The molecule has 0 saturated heterocycles. The van der Waals surface area contributed by atoms with Crippen LogP contribution in [0.15, 0.2) is 12.2 Å². The van der Waals surface area contributed by atoms with E-state index in [1.54, 1.807) is 0 Å². The minimum Gasteiger partial charge on any atom is -0.394 e. The van der Waals surface area contributed by atoms with E-state index in [2.05, 4.69) is 6.58 Å². The third-order valence-electron chi connectivity index (χ3n) is 0.956. The highest BCUT2D eigenvalue weighted by Crippen LogP contribution is 1.87. The second-order valence-corrected chi connectivity index (χ2v) is 2.35. The monoisotopic (exact) mass is 160 g/mol. The summed E-state index contributed by atoms with van der Waals surface area (Å²) in [6, 6.07) is 0. The normalized spacial score (nSPS) is 10.0. The quantitative estimate of drug-likeness (QED) is 0.437. The van der Waals surface area contributed by atoms with Gasteiger partial charge in [-0.25, -0.2) is 0 Å². The first-order valence-corrected chi connectivity index (χ1v) is 3.68. The highest BCUT2D eigenvalue weighted by atomic mass is 16.5. The van der Waals surface area contributed by atoms with Crippen molar-refractivity contribution in [2.24, 2.45) is 0 Å². The molecular formula is C8H16O3. The molecule has 0 fully saturated rings. The van der Waals surface area contributed by atoms with Gasteiger partial charge in [-0.15, -0.1) is 0 Å². The molecule has 11 heavy (non-hydrogen) atoms. The Morgan fingerprint density at radius 3 is 2.45 bits per heavy atom. The molecule has 3 nitrogen and oxygen atoms in total. The van der Waals surface area contributed by atoms with Crippen molar-refractivity contribution in [2.45, 2.75) is 6.92 Å². The second-order valence-electron chi connectivity index (χ2n) is 2.35. The maximum absolute atomic E-state index is 8.33. The van der Waals surface area contributed by atoms with Crippen LogP contribution in [0.4, 0.5) is 0 Å². The molecule has 0 aromatic rings. The van der Waals surface area contributed by atoms with Crippen molar-refractivity contribution in [1.29, 1.82) is 0 Å². The second kappa shape index (κ2) is 7.72. The molecule has 3 heteroatoms. The Labute approximate surface area is 67.6 Å².